The van der Waals surface area contributed by atoms with E-state index in [0.29, 0.717) is 37.2 Å². The van der Waals surface area contributed by atoms with Gasteiger partial charge in [0, 0.05) is 36.2 Å². The minimum absolute atomic E-state index is 0.00852. The number of furan rings is 1. The summed E-state index contributed by atoms with van der Waals surface area (Å²) in [5, 5.41) is 13.7. The Hall–Kier alpha value is -2.09. The van der Waals surface area contributed by atoms with Gasteiger partial charge in [0.2, 0.25) is 5.91 Å². The number of nitrogens with zero attached hydrogens (tertiary/aromatic N) is 1. The van der Waals surface area contributed by atoms with Crippen molar-refractivity contribution in [3.05, 3.63) is 36.1 Å². The molecule has 6 nitrogen and oxygen atoms in total. The lowest BCUT2D eigenvalue weighted by Crippen LogP contribution is -2.50. The summed E-state index contributed by atoms with van der Waals surface area (Å²) in [4.78, 5) is 28.2. The van der Waals surface area contributed by atoms with Crippen molar-refractivity contribution in [1.29, 1.82) is 0 Å². The standard InChI is InChI=1S/C22H26N2O4S/c25-13-15-6-4-10-24(15)22(27)21-20(19(29)12-23-21)17(26)8-3-7-16-11-14-5-1-2-9-18(14)28-16/h1-2,5,9,11,15,20-21,23,25H,3-4,6-8,10,12-13H2/t15-,20?,21-/m0/s1. The zero-order chi connectivity index (χ0) is 20.4. The molecule has 1 unspecified atom stereocenters. The van der Waals surface area contributed by atoms with Crippen LogP contribution in [0.1, 0.15) is 31.4 Å². The molecule has 2 aliphatic rings. The monoisotopic (exact) mass is 414 g/mol. The number of carbonyl (C=O) groups excluding carboxylic acids is 2. The van der Waals surface area contributed by atoms with Gasteiger partial charge in [0.15, 0.2) is 0 Å². The highest BCUT2D eigenvalue weighted by molar-refractivity contribution is 7.80. The van der Waals surface area contributed by atoms with Gasteiger partial charge in [0.1, 0.15) is 23.2 Å². The topological polar surface area (TPSA) is 82.8 Å². The van der Waals surface area contributed by atoms with E-state index in [0.717, 1.165) is 29.6 Å². The van der Waals surface area contributed by atoms with Crippen molar-refractivity contribution < 1.29 is 19.1 Å². The van der Waals surface area contributed by atoms with E-state index in [2.05, 4.69) is 5.32 Å². The average molecular weight is 415 g/mol. The van der Waals surface area contributed by atoms with Crippen LogP contribution >= 0.6 is 12.2 Å². The van der Waals surface area contributed by atoms with Gasteiger partial charge < -0.3 is 19.7 Å². The number of thiocarbonyl (C=S) groups is 1. The lowest BCUT2D eigenvalue weighted by atomic mass is 9.91. The Morgan fingerprint density at radius 1 is 1.31 bits per heavy atom. The van der Waals surface area contributed by atoms with Crippen molar-refractivity contribution in [3.8, 4) is 0 Å². The number of hydrogen-bond acceptors (Lipinski definition) is 6. The van der Waals surface area contributed by atoms with Crippen molar-refractivity contribution in [3.63, 3.8) is 0 Å². The molecule has 1 aromatic carbocycles. The molecule has 2 aromatic rings. The fourth-order valence-electron chi connectivity index (χ4n) is 4.47. The Morgan fingerprint density at radius 3 is 2.93 bits per heavy atom. The number of para-hydroxylation sites is 1. The molecule has 3 heterocycles. The summed E-state index contributed by atoms with van der Waals surface area (Å²) >= 11 is 5.41. The van der Waals surface area contributed by atoms with E-state index in [4.69, 9.17) is 16.6 Å². The van der Waals surface area contributed by atoms with Crippen LogP contribution in [0.3, 0.4) is 0 Å². The van der Waals surface area contributed by atoms with E-state index < -0.39 is 12.0 Å². The normalized spacial score (nSPS) is 24.5. The number of aliphatic hydroxyl groups is 1. The number of carbonyl (C=O) groups is 2. The van der Waals surface area contributed by atoms with E-state index >= 15 is 0 Å². The average Bonchev–Trinajstić information content (AvgIpc) is 3.44. The molecule has 154 valence electrons. The molecule has 0 saturated carbocycles. The fraction of sp³-hybridized carbons (Fsp3) is 0.500. The van der Waals surface area contributed by atoms with Crippen LogP contribution in [0.25, 0.3) is 11.0 Å². The first kappa shape index (κ1) is 20.2. The maximum atomic E-state index is 13.0. The first-order valence-corrected chi connectivity index (χ1v) is 10.7. The number of Topliss-reactive ketones (excluding diaryl/α,β-unsaturated/α-hetero) is 1. The van der Waals surface area contributed by atoms with Gasteiger partial charge in [-0.25, -0.2) is 0 Å². The lowest BCUT2D eigenvalue weighted by Gasteiger charge is -2.28. The van der Waals surface area contributed by atoms with Gasteiger partial charge in [-0.15, -0.1) is 0 Å². The first-order chi connectivity index (χ1) is 14.1. The molecule has 4 rings (SSSR count). The van der Waals surface area contributed by atoms with E-state index in [1.165, 1.54) is 0 Å². The Kier molecular flexibility index (Phi) is 6.08. The highest BCUT2D eigenvalue weighted by Gasteiger charge is 2.44. The van der Waals surface area contributed by atoms with Crippen molar-refractivity contribution in [2.45, 2.75) is 44.2 Å². The molecule has 1 amide bonds. The van der Waals surface area contributed by atoms with Crippen LogP contribution in [0.15, 0.2) is 34.7 Å². The van der Waals surface area contributed by atoms with E-state index in [-0.39, 0.29) is 24.3 Å². The quantitative estimate of drug-likeness (QED) is 0.677. The molecule has 0 spiro atoms. The van der Waals surface area contributed by atoms with Crippen LogP contribution in [0, 0.1) is 5.92 Å². The van der Waals surface area contributed by atoms with Gasteiger partial charge in [-0.3, -0.25) is 9.59 Å². The van der Waals surface area contributed by atoms with Crippen LogP contribution in [0.5, 0.6) is 0 Å². The summed E-state index contributed by atoms with van der Waals surface area (Å²) in [5.41, 5.74) is 0.852. The summed E-state index contributed by atoms with van der Waals surface area (Å²) in [6, 6.07) is 9.10. The molecule has 0 radical (unpaired) electrons. The summed E-state index contributed by atoms with van der Waals surface area (Å²) in [6.07, 6.45) is 3.36. The van der Waals surface area contributed by atoms with Crippen LogP contribution in [0.4, 0.5) is 0 Å². The maximum Gasteiger partial charge on any atom is 0.241 e. The van der Waals surface area contributed by atoms with Crippen molar-refractivity contribution in [2.24, 2.45) is 5.92 Å². The molecular formula is C22H26N2O4S. The van der Waals surface area contributed by atoms with Crippen LogP contribution in [-0.2, 0) is 16.0 Å². The molecule has 29 heavy (non-hydrogen) atoms. The second-order valence-electron chi connectivity index (χ2n) is 7.88. The molecule has 0 bridgehead atoms. The van der Waals surface area contributed by atoms with Gasteiger partial charge in [0.25, 0.3) is 0 Å². The highest BCUT2D eigenvalue weighted by Crippen LogP contribution is 2.25. The summed E-state index contributed by atoms with van der Waals surface area (Å²) in [5.74, 6) is 0.195. The van der Waals surface area contributed by atoms with Crippen LogP contribution in [0.2, 0.25) is 0 Å². The first-order valence-electron chi connectivity index (χ1n) is 10.3. The Morgan fingerprint density at radius 2 is 2.14 bits per heavy atom. The maximum absolute atomic E-state index is 13.0. The predicted octanol–water partition coefficient (Wildman–Crippen LogP) is 2.27. The van der Waals surface area contributed by atoms with E-state index in [1.807, 2.05) is 30.3 Å². The largest absolute Gasteiger partial charge is 0.461 e. The predicted molar refractivity (Wildman–Crippen MR) is 114 cm³/mol. The molecule has 1 aromatic heterocycles. The zero-order valence-corrected chi connectivity index (χ0v) is 17.1. The zero-order valence-electron chi connectivity index (χ0n) is 16.3. The smallest absolute Gasteiger partial charge is 0.241 e. The van der Waals surface area contributed by atoms with Gasteiger partial charge >= 0.3 is 0 Å². The third-order valence-electron chi connectivity index (χ3n) is 5.98. The number of aryl methyl sites for hydroxylation is 1. The van der Waals surface area contributed by atoms with Gasteiger partial charge in [-0.2, -0.15) is 0 Å². The summed E-state index contributed by atoms with van der Waals surface area (Å²) in [7, 11) is 0. The third kappa shape index (κ3) is 4.13. The minimum Gasteiger partial charge on any atom is -0.461 e. The summed E-state index contributed by atoms with van der Waals surface area (Å²) in [6.45, 7) is 0.990. The number of aliphatic hydroxyl groups excluding tert-OH is 1. The minimum atomic E-state index is -0.603. The number of amides is 1. The number of benzene rings is 1. The second-order valence-corrected chi connectivity index (χ2v) is 8.41. The molecule has 2 N–H and O–H groups in total. The Balaban J connectivity index is 1.37. The van der Waals surface area contributed by atoms with E-state index in [9.17, 15) is 14.7 Å². The number of ketones is 1. The third-order valence-corrected chi connectivity index (χ3v) is 6.38. The fourth-order valence-corrected chi connectivity index (χ4v) is 4.82. The molecular weight excluding hydrogens is 388 g/mol. The SMILES string of the molecule is O=C(CCCc1cc2ccccc2o1)C1C(=S)CN[C@@H]1C(=O)N1CCC[C@H]1CO. The van der Waals surface area contributed by atoms with Gasteiger partial charge in [0.05, 0.1) is 18.6 Å². The number of hydrogen-bond donors (Lipinski definition) is 2. The Labute approximate surface area is 175 Å². The van der Waals surface area contributed by atoms with Crippen LogP contribution < -0.4 is 5.32 Å². The Bertz CT molecular complexity index is 891. The highest BCUT2D eigenvalue weighted by atomic mass is 32.1. The molecule has 0 aliphatic carbocycles. The van der Waals surface area contributed by atoms with E-state index in [1.54, 1.807) is 4.90 Å². The number of rotatable bonds is 7. The summed E-state index contributed by atoms with van der Waals surface area (Å²) < 4.78 is 5.81. The van der Waals surface area contributed by atoms with Gasteiger partial charge in [-0.1, -0.05) is 30.4 Å². The molecule has 3 atom stereocenters. The van der Waals surface area contributed by atoms with Crippen molar-refractivity contribution >= 4 is 39.7 Å². The van der Waals surface area contributed by atoms with Crippen LogP contribution in [-0.4, -0.2) is 58.3 Å². The lowest BCUT2D eigenvalue weighted by molar-refractivity contribution is -0.137. The van der Waals surface area contributed by atoms with Crippen molar-refractivity contribution in [2.75, 3.05) is 19.7 Å². The molecule has 2 fully saturated rings. The number of fused-ring (bicyclic) bond motifs is 1. The van der Waals surface area contributed by atoms with Gasteiger partial charge in [-0.05, 0) is 31.4 Å². The molecule has 7 heteroatoms. The number of likely N-dealkylation sites (tertiary alicyclic amines) is 1. The molecule has 2 saturated heterocycles. The number of nitrogens with one attached hydrogen (secondary N) is 1. The molecule has 2 aliphatic heterocycles. The second kappa shape index (κ2) is 8.73. The van der Waals surface area contributed by atoms with Crippen molar-refractivity contribution in [1.82, 2.24) is 10.2 Å².